The van der Waals surface area contributed by atoms with E-state index in [9.17, 15) is 9.90 Å². The van der Waals surface area contributed by atoms with Crippen molar-refractivity contribution in [3.63, 3.8) is 0 Å². The van der Waals surface area contributed by atoms with Crippen LogP contribution >= 0.6 is 11.6 Å². The second-order valence-corrected chi connectivity index (χ2v) is 4.84. The van der Waals surface area contributed by atoms with Gasteiger partial charge < -0.3 is 5.11 Å². The van der Waals surface area contributed by atoms with Crippen LogP contribution in [0.5, 0.6) is 5.75 Å². The molecule has 2 N–H and O–H groups in total. The molecule has 0 aliphatic rings. The van der Waals surface area contributed by atoms with Crippen LogP contribution in [0.15, 0.2) is 53.6 Å². The molecule has 4 nitrogen and oxygen atoms in total. The van der Waals surface area contributed by atoms with Crippen LogP contribution in [-0.4, -0.2) is 16.7 Å². The van der Waals surface area contributed by atoms with Crippen LogP contribution in [0.4, 0.5) is 0 Å². The van der Waals surface area contributed by atoms with Gasteiger partial charge in [-0.05, 0) is 60.5 Å². The van der Waals surface area contributed by atoms with Crippen molar-refractivity contribution in [1.82, 2.24) is 5.43 Å². The molecule has 0 unspecified atom stereocenters. The Kier molecular flexibility index (Phi) is 4.95. The van der Waals surface area contributed by atoms with Crippen molar-refractivity contribution in [2.75, 3.05) is 0 Å². The number of benzene rings is 2. The molecule has 21 heavy (non-hydrogen) atoms. The highest BCUT2D eigenvalue weighted by molar-refractivity contribution is 6.30. The number of nitrogens with one attached hydrogen (secondary N) is 1. The van der Waals surface area contributed by atoms with Gasteiger partial charge in [-0.3, -0.25) is 4.79 Å². The fraction of sp³-hybridized carbons (Fsp3) is 0.125. The molecule has 2 aromatic rings. The summed E-state index contributed by atoms with van der Waals surface area (Å²) in [6, 6.07) is 13.3. The average Bonchev–Trinajstić information content (AvgIpc) is 2.50. The van der Waals surface area contributed by atoms with Crippen molar-refractivity contribution >= 4 is 23.2 Å². The Hall–Kier alpha value is -2.33. The zero-order chi connectivity index (χ0) is 15.2. The molecule has 0 fully saturated rings. The first-order chi connectivity index (χ1) is 10.1. The number of amides is 1. The van der Waals surface area contributed by atoms with Crippen LogP contribution in [0.25, 0.3) is 0 Å². The highest BCUT2D eigenvalue weighted by atomic mass is 35.5. The minimum Gasteiger partial charge on any atom is -0.508 e. The van der Waals surface area contributed by atoms with Gasteiger partial charge >= 0.3 is 0 Å². The number of nitrogens with zero attached hydrogens (tertiary/aromatic N) is 1. The van der Waals surface area contributed by atoms with Crippen LogP contribution in [0, 0.1) is 0 Å². The van der Waals surface area contributed by atoms with Gasteiger partial charge in [0.05, 0.1) is 5.71 Å². The number of aromatic hydroxyl groups is 1. The first-order valence-corrected chi connectivity index (χ1v) is 6.90. The number of rotatable bonds is 4. The predicted octanol–water partition coefficient (Wildman–Crippen LogP) is 3.59. The van der Waals surface area contributed by atoms with Crippen LogP contribution in [0.3, 0.4) is 0 Å². The lowest BCUT2D eigenvalue weighted by Crippen LogP contribution is -2.19. The number of carbonyl (C=O) groups is 1. The largest absolute Gasteiger partial charge is 0.508 e. The van der Waals surface area contributed by atoms with Crippen molar-refractivity contribution in [2.24, 2.45) is 5.10 Å². The van der Waals surface area contributed by atoms with Crippen molar-refractivity contribution < 1.29 is 9.90 Å². The number of phenols is 1. The van der Waals surface area contributed by atoms with Crippen molar-refractivity contribution in [2.45, 2.75) is 13.3 Å². The van der Waals surface area contributed by atoms with E-state index in [0.29, 0.717) is 17.0 Å². The van der Waals surface area contributed by atoms with E-state index in [1.165, 1.54) is 0 Å². The maximum atomic E-state index is 12.0. The molecule has 0 spiro atoms. The van der Waals surface area contributed by atoms with Gasteiger partial charge in [0.25, 0.3) is 5.91 Å². The Morgan fingerprint density at radius 2 is 1.67 bits per heavy atom. The van der Waals surface area contributed by atoms with Gasteiger partial charge in [-0.15, -0.1) is 0 Å². The van der Waals surface area contributed by atoms with Crippen LogP contribution in [0.1, 0.15) is 29.3 Å². The molecule has 108 valence electrons. The van der Waals surface area contributed by atoms with Gasteiger partial charge in [0, 0.05) is 10.6 Å². The van der Waals surface area contributed by atoms with E-state index >= 15 is 0 Å². The van der Waals surface area contributed by atoms with Crippen LogP contribution in [0.2, 0.25) is 5.02 Å². The fourth-order valence-electron chi connectivity index (χ4n) is 1.79. The number of halogens is 1. The zero-order valence-corrected chi connectivity index (χ0v) is 12.3. The minimum absolute atomic E-state index is 0.194. The quantitative estimate of drug-likeness (QED) is 0.669. The number of hydrogen-bond acceptors (Lipinski definition) is 3. The third-order valence-corrected chi connectivity index (χ3v) is 3.19. The summed E-state index contributed by atoms with van der Waals surface area (Å²) in [5.74, 6) is -0.101. The summed E-state index contributed by atoms with van der Waals surface area (Å²) in [7, 11) is 0. The monoisotopic (exact) mass is 302 g/mol. The first-order valence-electron chi connectivity index (χ1n) is 6.52. The molecule has 5 heteroatoms. The van der Waals surface area contributed by atoms with Gasteiger partial charge in [-0.2, -0.15) is 5.10 Å². The molecule has 2 rings (SSSR count). The Labute approximate surface area is 128 Å². The SMILES string of the molecule is CC/C(=N/NC(=O)c1ccc(Cl)cc1)c1ccc(O)cc1. The van der Waals surface area contributed by atoms with Gasteiger partial charge in [0.15, 0.2) is 0 Å². The summed E-state index contributed by atoms with van der Waals surface area (Å²) in [4.78, 5) is 12.0. The molecule has 0 bridgehead atoms. The first kappa shape index (κ1) is 15.1. The van der Waals surface area contributed by atoms with Crippen LogP contribution in [-0.2, 0) is 0 Å². The molecule has 0 atom stereocenters. The lowest BCUT2D eigenvalue weighted by molar-refractivity contribution is 0.0955. The summed E-state index contributed by atoms with van der Waals surface area (Å²) in [5.41, 5.74) is 4.60. The summed E-state index contributed by atoms with van der Waals surface area (Å²) in [6.07, 6.45) is 0.658. The zero-order valence-electron chi connectivity index (χ0n) is 11.5. The highest BCUT2D eigenvalue weighted by Crippen LogP contribution is 2.12. The number of hydrogen-bond donors (Lipinski definition) is 2. The molecule has 0 aromatic heterocycles. The molecule has 0 aliphatic carbocycles. The van der Waals surface area contributed by atoms with E-state index in [1.54, 1.807) is 48.5 Å². The Bertz CT molecular complexity index is 649. The smallest absolute Gasteiger partial charge is 0.271 e. The number of hydrazone groups is 1. The molecule has 2 aromatic carbocycles. The summed E-state index contributed by atoms with van der Waals surface area (Å²) in [6.45, 7) is 1.94. The third-order valence-electron chi connectivity index (χ3n) is 2.93. The minimum atomic E-state index is -0.295. The van der Waals surface area contributed by atoms with Gasteiger partial charge in [0.1, 0.15) is 5.75 Å². The van der Waals surface area contributed by atoms with E-state index in [0.717, 1.165) is 11.3 Å². The summed E-state index contributed by atoms with van der Waals surface area (Å²) < 4.78 is 0. The highest BCUT2D eigenvalue weighted by Gasteiger charge is 2.06. The molecule has 0 saturated heterocycles. The molecule has 0 aliphatic heterocycles. The molecular formula is C16H15ClN2O2. The standard InChI is InChI=1S/C16H15ClN2O2/c1-2-15(11-5-9-14(20)10-6-11)18-19-16(21)12-3-7-13(17)8-4-12/h3-10,20H,2H2,1H3,(H,19,21)/b18-15-. The van der Waals surface area contributed by atoms with E-state index in [2.05, 4.69) is 10.5 Å². The normalized spacial score (nSPS) is 11.2. The molecule has 1 amide bonds. The van der Waals surface area contributed by atoms with Crippen LogP contribution < -0.4 is 5.43 Å². The van der Waals surface area contributed by atoms with Gasteiger partial charge in [-0.25, -0.2) is 5.43 Å². The fourth-order valence-corrected chi connectivity index (χ4v) is 1.91. The topological polar surface area (TPSA) is 61.7 Å². The average molecular weight is 303 g/mol. The molecular weight excluding hydrogens is 288 g/mol. The Balaban J connectivity index is 2.12. The lowest BCUT2D eigenvalue weighted by atomic mass is 10.1. The second kappa shape index (κ2) is 6.90. The third kappa shape index (κ3) is 4.07. The van der Waals surface area contributed by atoms with Crippen molar-refractivity contribution in [3.05, 3.63) is 64.7 Å². The van der Waals surface area contributed by atoms with E-state index in [-0.39, 0.29) is 11.7 Å². The Morgan fingerprint density at radius 3 is 2.24 bits per heavy atom. The molecule has 0 radical (unpaired) electrons. The lowest BCUT2D eigenvalue weighted by Gasteiger charge is -2.05. The van der Waals surface area contributed by atoms with E-state index in [1.807, 2.05) is 6.92 Å². The summed E-state index contributed by atoms with van der Waals surface area (Å²) in [5, 5.41) is 14.0. The summed E-state index contributed by atoms with van der Waals surface area (Å²) >= 11 is 5.78. The molecule has 0 heterocycles. The predicted molar refractivity (Wildman–Crippen MR) is 83.9 cm³/mol. The van der Waals surface area contributed by atoms with Crippen molar-refractivity contribution in [3.8, 4) is 5.75 Å². The molecule has 0 saturated carbocycles. The van der Waals surface area contributed by atoms with E-state index in [4.69, 9.17) is 11.6 Å². The van der Waals surface area contributed by atoms with Gasteiger partial charge in [0.2, 0.25) is 0 Å². The van der Waals surface area contributed by atoms with Crippen molar-refractivity contribution in [1.29, 1.82) is 0 Å². The number of phenolic OH excluding ortho intramolecular Hbond substituents is 1. The second-order valence-electron chi connectivity index (χ2n) is 4.41. The maximum absolute atomic E-state index is 12.0. The van der Waals surface area contributed by atoms with Gasteiger partial charge in [-0.1, -0.05) is 18.5 Å². The maximum Gasteiger partial charge on any atom is 0.271 e. The Morgan fingerprint density at radius 1 is 1.10 bits per heavy atom. The number of carbonyl (C=O) groups excluding carboxylic acids is 1. The van der Waals surface area contributed by atoms with E-state index < -0.39 is 0 Å².